The first-order valence-corrected chi connectivity index (χ1v) is 7.59. The van der Waals surface area contributed by atoms with Gasteiger partial charge in [0.2, 0.25) is 5.91 Å². The summed E-state index contributed by atoms with van der Waals surface area (Å²) in [6.07, 6.45) is -5.33. The molecular formula is C15H14ClF4N3O3. The van der Waals surface area contributed by atoms with Crippen LogP contribution in [-0.4, -0.2) is 29.7 Å². The zero-order valence-corrected chi connectivity index (χ0v) is 14.5. The number of nitrogens with one attached hydrogen (secondary N) is 2. The molecule has 142 valence electrons. The monoisotopic (exact) mass is 395 g/mol. The highest BCUT2D eigenvalue weighted by Crippen LogP contribution is 2.37. The van der Waals surface area contributed by atoms with Crippen LogP contribution in [-0.2, 0) is 9.59 Å². The number of amides is 4. The highest BCUT2D eigenvalue weighted by atomic mass is 35.5. The van der Waals surface area contributed by atoms with E-state index < -0.39 is 45.9 Å². The number of carbonyl (C=O) groups is 3. The van der Waals surface area contributed by atoms with E-state index in [1.54, 1.807) is 5.32 Å². The fraction of sp³-hybridized carbons (Fsp3) is 0.400. The number of alkyl halides is 3. The fourth-order valence-electron chi connectivity index (χ4n) is 2.09. The highest BCUT2D eigenvalue weighted by molar-refractivity contribution is 6.31. The predicted molar refractivity (Wildman–Crippen MR) is 83.8 cm³/mol. The molecular weight excluding hydrogens is 382 g/mol. The number of halogens is 5. The number of imide groups is 1. The molecule has 26 heavy (non-hydrogen) atoms. The maximum atomic E-state index is 13.7. The molecule has 6 nitrogen and oxygen atoms in total. The SMILES string of the molecule is CC(C)(C)C(=O)NC1(C(F)(F)F)NC(=O)N(c2ccc(F)c(Cl)c2)C1=O. The maximum Gasteiger partial charge on any atom is 0.440 e. The smallest absolute Gasteiger partial charge is 0.317 e. The van der Waals surface area contributed by atoms with Crippen molar-refractivity contribution in [1.82, 2.24) is 10.6 Å². The Hall–Kier alpha value is -2.36. The average molecular weight is 396 g/mol. The van der Waals surface area contributed by atoms with E-state index in [4.69, 9.17) is 11.6 Å². The summed E-state index contributed by atoms with van der Waals surface area (Å²) >= 11 is 5.56. The van der Waals surface area contributed by atoms with E-state index in [-0.39, 0.29) is 10.6 Å². The molecule has 1 aliphatic rings. The van der Waals surface area contributed by atoms with Crippen molar-refractivity contribution in [2.75, 3.05) is 4.90 Å². The first-order chi connectivity index (χ1) is 11.7. The average Bonchev–Trinajstić information content (AvgIpc) is 2.72. The van der Waals surface area contributed by atoms with Gasteiger partial charge >= 0.3 is 12.2 Å². The van der Waals surface area contributed by atoms with Crippen molar-refractivity contribution in [3.63, 3.8) is 0 Å². The molecule has 1 unspecified atom stereocenters. The van der Waals surface area contributed by atoms with Crippen LogP contribution in [0, 0.1) is 11.2 Å². The third-order valence-corrected chi connectivity index (χ3v) is 3.88. The third kappa shape index (κ3) is 3.20. The van der Waals surface area contributed by atoms with Crippen LogP contribution in [0.15, 0.2) is 18.2 Å². The van der Waals surface area contributed by atoms with Crippen molar-refractivity contribution >= 4 is 35.1 Å². The molecule has 1 saturated heterocycles. The lowest BCUT2D eigenvalue weighted by Gasteiger charge is -2.32. The number of anilines is 1. The molecule has 0 spiro atoms. The van der Waals surface area contributed by atoms with Crippen molar-refractivity contribution in [3.05, 3.63) is 29.0 Å². The summed E-state index contributed by atoms with van der Waals surface area (Å²) in [5, 5.41) is 2.58. The van der Waals surface area contributed by atoms with E-state index in [1.165, 1.54) is 26.1 Å². The van der Waals surface area contributed by atoms with Crippen LogP contribution in [0.5, 0.6) is 0 Å². The Labute approximate surface area is 150 Å². The standard InChI is InChI=1S/C15H14ClF4N3O3/c1-13(2,3)10(24)21-14(15(18,19)20)11(25)23(12(26)22-14)7-4-5-9(17)8(16)6-7/h4-6H,1-3H3,(H,21,24)(H,22,26). The molecule has 1 aromatic rings. The maximum absolute atomic E-state index is 13.7. The Balaban J connectivity index is 2.52. The lowest BCUT2D eigenvalue weighted by atomic mass is 9.94. The number of urea groups is 1. The van der Waals surface area contributed by atoms with Crippen LogP contribution in [0.2, 0.25) is 5.02 Å². The van der Waals surface area contributed by atoms with Gasteiger partial charge in [-0.25, -0.2) is 14.1 Å². The molecule has 4 amide bonds. The number of hydrogen-bond acceptors (Lipinski definition) is 3. The molecule has 0 radical (unpaired) electrons. The van der Waals surface area contributed by atoms with Gasteiger partial charge < -0.3 is 5.32 Å². The van der Waals surface area contributed by atoms with Crippen molar-refractivity contribution in [2.24, 2.45) is 5.41 Å². The molecule has 1 fully saturated rings. The van der Waals surface area contributed by atoms with E-state index in [2.05, 4.69) is 0 Å². The summed E-state index contributed by atoms with van der Waals surface area (Å²) in [6, 6.07) is 1.09. The van der Waals surface area contributed by atoms with Crippen molar-refractivity contribution in [2.45, 2.75) is 32.6 Å². The Kier molecular flexibility index (Phi) is 4.69. The van der Waals surface area contributed by atoms with Gasteiger partial charge in [-0.2, -0.15) is 13.2 Å². The summed E-state index contributed by atoms with van der Waals surface area (Å²) in [7, 11) is 0. The largest absolute Gasteiger partial charge is 0.440 e. The molecule has 2 N–H and O–H groups in total. The highest BCUT2D eigenvalue weighted by Gasteiger charge is 2.69. The second-order valence-corrected chi connectivity index (χ2v) is 7.03. The van der Waals surface area contributed by atoms with Crippen LogP contribution in [0.4, 0.5) is 28.0 Å². The Morgan fingerprint density at radius 2 is 1.81 bits per heavy atom. The first kappa shape index (κ1) is 20.0. The molecule has 0 aromatic heterocycles. The minimum atomic E-state index is -5.33. The van der Waals surface area contributed by atoms with Crippen molar-refractivity contribution < 1.29 is 31.9 Å². The van der Waals surface area contributed by atoms with Gasteiger partial charge in [-0.1, -0.05) is 32.4 Å². The van der Waals surface area contributed by atoms with Crippen LogP contribution >= 0.6 is 11.6 Å². The quantitative estimate of drug-likeness (QED) is 0.597. The van der Waals surface area contributed by atoms with E-state index in [9.17, 15) is 31.9 Å². The predicted octanol–water partition coefficient (Wildman–Crippen LogP) is 2.96. The third-order valence-electron chi connectivity index (χ3n) is 3.59. The summed E-state index contributed by atoms with van der Waals surface area (Å²) in [5.41, 5.74) is -5.29. The lowest BCUT2D eigenvalue weighted by Crippen LogP contribution is -2.70. The van der Waals surface area contributed by atoms with E-state index in [0.717, 1.165) is 18.2 Å². The molecule has 1 aromatic carbocycles. The van der Waals surface area contributed by atoms with Gasteiger partial charge in [0.15, 0.2) is 0 Å². The van der Waals surface area contributed by atoms with E-state index in [1.807, 2.05) is 0 Å². The number of carbonyl (C=O) groups excluding carboxylic acids is 3. The zero-order valence-electron chi connectivity index (χ0n) is 13.8. The molecule has 0 bridgehead atoms. The lowest BCUT2D eigenvalue weighted by molar-refractivity contribution is -0.202. The van der Waals surface area contributed by atoms with E-state index >= 15 is 0 Å². The Morgan fingerprint density at radius 1 is 1.23 bits per heavy atom. The van der Waals surface area contributed by atoms with E-state index in [0.29, 0.717) is 0 Å². The summed E-state index contributed by atoms with van der Waals surface area (Å²) in [6.45, 7) is 4.02. The Bertz CT molecular complexity index is 791. The summed E-state index contributed by atoms with van der Waals surface area (Å²) in [4.78, 5) is 36.8. The van der Waals surface area contributed by atoms with Gasteiger partial charge in [0.25, 0.3) is 11.6 Å². The molecule has 0 aliphatic carbocycles. The van der Waals surface area contributed by atoms with Crippen LogP contribution in [0.25, 0.3) is 0 Å². The van der Waals surface area contributed by atoms with Gasteiger partial charge in [-0.05, 0) is 18.2 Å². The summed E-state index contributed by atoms with van der Waals surface area (Å²) < 4.78 is 54.2. The van der Waals surface area contributed by atoms with Crippen LogP contribution < -0.4 is 15.5 Å². The minimum Gasteiger partial charge on any atom is -0.317 e. The van der Waals surface area contributed by atoms with Gasteiger partial charge in [0.1, 0.15) is 5.82 Å². The van der Waals surface area contributed by atoms with Crippen molar-refractivity contribution in [1.29, 1.82) is 0 Å². The van der Waals surface area contributed by atoms with Gasteiger partial charge in [-0.3, -0.25) is 14.9 Å². The van der Waals surface area contributed by atoms with Crippen molar-refractivity contribution in [3.8, 4) is 0 Å². The molecule has 1 heterocycles. The summed E-state index contributed by atoms with van der Waals surface area (Å²) in [5.74, 6) is -3.77. The second kappa shape index (κ2) is 6.11. The van der Waals surface area contributed by atoms with Crippen LogP contribution in [0.3, 0.4) is 0 Å². The number of benzene rings is 1. The first-order valence-electron chi connectivity index (χ1n) is 7.22. The molecule has 2 rings (SSSR count). The molecule has 1 atom stereocenters. The van der Waals surface area contributed by atoms with Crippen LogP contribution in [0.1, 0.15) is 20.8 Å². The molecule has 11 heteroatoms. The van der Waals surface area contributed by atoms with Gasteiger partial charge in [0.05, 0.1) is 10.7 Å². The topological polar surface area (TPSA) is 78.5 Å². The van der Waals surface area contributed by atoms with Gasteiger partial charge in [0, 0.05) is 5.41 Å². The van der Waals surface area contributed by atoms with Gasteiger partial charge in [-0.15, -0.1) is 0 Å². The number of nitrogens with zero attached hydrogens (tertiary/aromatic N) is 1. The zero-order chi connectivity index (χ0) is 20.1. The number of hydrogen-bond donors (Lipinski definition) is 2. The normalized spacial score (nSPS) is 21.0. The Morgan fingerprint density at radius 3 is 2.27 bits per heavy atom. The number of rotatable bonds is 2. The minimum absolute atomic E-state index is 0.141. The fourth-order valence-corrected chi connectivity index (χ4v) is 2.27. The molecule has 1 aliphatic heterocycles. The second-order valence-electron chi connectivity index (χ2n) is 6.62. The molecule has 0 saturated carbocycles.